The summed E-state index contributed by atoms with van der Waals surface area (Å²) in [5.41, 5.74) is 2.44. The lowest BCUT2D eigenvalue weighted by atomic mass is 10.1. The van der Waals surface area contributed by atoms with Gasteiger partial charge in [-0.3, -0.25) is 9.48 Å². The molecule has 0 N–H and O–H groups in total. The van der Waals surface area contributed by atoms with Gasteiger partial charge >= 0.3 is 0 Å². The minimum atomic E-state index is -0.0553. The van der Waals surface area contributed by atoms with E-state index in [1.165, 1.54) is 0 Å². The van der Waals surface area contributed by atoms with Crippen molar-refractivity contribution >= 4 is 33.4 Å². The Morgan fingerprint density at radius 1 is 1.25 bits per heavy atom. The van der Waals surface area contributed by atoms with Gasteiger partial charge in [-0.2, -0.15) is 5.10 Å². The molecule has 0 saturated heterocycles. The number of rotatable bonds is 7. The Balaban J connectivity index is 1.60. The minimum absolute atomic E-state index is 0.0553. The molecule has 0 atom stereocenters. The van der Waals surface area contributed by atoms with Gasteiger partial charge in [-0.15, -0.1) is 0 Å². The molecule has 5 nitrogen and oxygen atoms in total. The average Bonchev–Trinajstić information content (AvgIpc) is 3.06. The first-order valence-corrected chi connectivity index (χ1v) is 10.1. The smallest absolute Gasteiger partial charge is 0.253 e. The first-order valence-electron chi connectivity index (χ1n) is 8.91. The van der Waals surface area contributed by atoms with Crippen LogP contribution in [0.1, 0.15) is 28.5 Å². The lowest BCUT2D eigenvalue weighted by Gasteiger charge is -2.16. The maximum Gasteiger partial charge on any atom is 0.253 e. The maximum absolute atomic E-state index is 12.7. The van der Waals surface area contributed by atoms with Gasteiger partial charge < -0.3 is 9.64 Å². The Hall–Kier alpha value is -2.31. The summed E-state index contributed by atoms with van der Waals surface area (Å²) in [6, 6.07) is 14.7. The van der Waals surface area contributed by atoms with Crippen molar-refractivity contribution in [3.05, 3.63) is 81.0 Å². The highest BCUT2D eigenvalue weighted by Gasteiger charge is 2.15. The number of carbonyl (C=O) groups is 1. The minimum Gasteiger partial charge on any atom is -0.489 e. The van der Waals surface area contributed by atoms with Crippen LogP contribution >= 0.6 is 27.5 Å². The summed E-state index contributed by atoms with van der Waals surface area (Å²) in [4.78, 5) is 14.4. The fourth-order valence-electron chi connectivity index (χ4n) is 2.69. The van der Waals surface area contributed by atoms with Gasteiger partial charge in [-0.05, 0) is 58.7 Å². The van der Waals surface area contributed by atoms with Crippen molar-refractivity contribution in [1.29, 1.82) is 0 Å². The Labute approximate surface area is 178 Å². The van der Waals surface area contributed by atoms with Crippen molar-refractivity contribution in [1.82, 2.24) is 14.7 Å². The van der Waals surface area contributed by atoms with Crippen LogP contribution in [0.15, 0.2) is 59.2 Å². The van der Waals surface area contributed by atoms with Gasteiger partial charge in [0.1, 0.15) is 12.4 Å². The topological polar surface area (TPSA) is 47.4 Å². The zero-order valence-corrected chi connectivity index (χ0v) is 18.1. The number of nitrogens with zero attached hydrogens (tertiary/aromatic N) is 3. The molecule has 0 aliphatic carbocycles. The molecule has 1 heterocycles. The predicted octanol–water partition coefficient (Wildman–Crippen LogP) is 5.17. The van der Waals surface area contributed by atoms with E-state index in [1.807, 2.05) is 54.2 Å². The highest BCUT2D eigenvalue weighted by molar-refractivity contribution is 9.10. The molecule has 3 rings (SSSR count). The second kappa shape index (κ2) is 9.26. The largest absolute Gasteiger partial charge is 0.489 e. The van der Waals surface area contributed by atoms with Crippen LogP contribution in [-0.2, 0) is 19.7 Å². The molecular formula is C21H21BrClN3O2. The van der Waals surface area contributed by atoms with E-state index >= 15 is 0 Å². The molecule has 7 heteroatoms. The molecular weight excluding hydrogens is 442 g/mol. The van der Waals surface area contributed by atoms with Crippen molar-refractivity contribution < 1.29 is 9.53 Å². The Bertz CT molecular complexity index is 957. The quantitative estimate of drug-likeness (QED) is 0.487. The van der Waals surface area contributed by atoms with Crippen LogP contribution in [0.2, 0.25) is 5.02 Å². The molecule has 1 aromatic heterocycles. The Morgan fingerprint density at radius 3 is 2.64 bits per heavy atom. The summed E-state index contributed by atoms with van der Waals surface area (Å²) in [6.07, 6.45) is 1.92. The molecule has 0 bridgehead atoms. The average molecular weight is 463 g/mol. The number of halogens is 2. The molecule has 0 fully saturated rings. The number of aryl methyl sites for hydroxylation is 1. The van der Waals surface area contributed by atoms with Crippen LogP contribution in [0.3, 0.4) is 0 Å². The monoisotopic (exact) mass is 461 g/mol. The lowest BCUT2D eigenvalue weighted by Crippen LogP contribution is -2.26. The van der Waals surface area contributed by atoms with E-state index in [0.29, 0.717) is 29.5 Å². The Morgan fingerprint density at radius 2 is 2.00 bits per heavy atom. The fourth-order valence-corrected chi connectivity index (χ4v) is 3.31. The van der Waals surface area contributed by atoms with Crippen molar-refractivity contribution in [3.8, 4) is 5.75 Å². The third kappa shape index (κ3) is 5.14. The number of carbonyl (C=O) groups excluding carboxylic acids is 1. The summed E-state index contributed by atoms with van der Waals surface area (Å²) >= 11 is 9.46. The van der Waals surface area contributed by atoms with Crippen molar-refractivity contribution in [2.24, 2.45) is 0 Å². The summed E-state index contributed by atoms with van der Waals surface area (Å²) < 4.78 is 8.48. The first kappa shape index (κ1) is 20.4. The summed E-state index contributed by atoms with van der Waals surface area (Å²) in [5, 5.41) is 5.10. The third-order valence-electron chi connectivity index (χ3n) is 4.25. The molecule has 0 aliphatic heterocycles. The van der Waals surface area contributed by atoms with Gasteiger partial charge in [-0.1, -0.05) is 29.8 Å². The standard InChI is InChI=1S/C21H21BrClN3O2/c1-3-26-12-19(22)20(24-26)13-25(2)21(27)16-9-7-15(8-10-16)14-28-18-6-4-5-17(23)11-18/h4-12H,3,13-14H2,1-2H3. The summed E-state index contributed by atoms with van der Waals surface area (Å²) in [7, 11) is 1.77. The van der Waals surface area contributed by atoms with Gasteiger partial charge in [-0.25, -0.2) is 0 Å². The molecule has 0 saturated carbocycles. The van der Waals surface area contributed by atoms with E-state index in [1.54, 1.807) is 24.1 Å². The second-order valence-electron chi connectivity index (χ2n) is 6.38. The van der Waals surface area contributed by atoms with Gasteiger partial charge in [0.05, 0.1) is 16.7 Å². The van der Waals surface area contributed by atoms with Crippen LogP contribution in [0.4, 0.5) is 0 Å². The number of amides is 1. The second-order valence-corrected chi connectivity index (χ2v) is 7.67. The number of hydrogen-bond donors (Lipinski definition) is 0. The van der Waals surface area contributed by atoms with Gasteiger partial charge in [0.2, 0.25) is 0 Å². The molecule has 3 aromatic rings. The molecule has 0 spiro atoms. The van der Waals surface area contributed by atoms with E-state index in [-0.39, 0.29) is 5.91 Å². The van der Waals surface area contributed by atoms with Crippen LogP contribution in [0.5, 0.6) is 5.75 Å². The fraction of sp³-hybridized carbons (Fsp3) is 0.238. The molecule has 0 radical (unpaired) electrons. The lowest BCUT2D eigenvalue weighted by molar-refractivity contribution is 0.0783. The number of ether oxygens (including phenoxy) is 1. The van der Waals surface area contributed by atoms with Crippen LogP contribution < -0.4 is 4.74 Å². The van der Waals surface area contributed by atoms with Crippen molar-refractivity contribution in [2.45, 2.75) is 26.6 Å². The van der Waals surface area contributed by atoms with E-state index in [2.05, 4.69) is 21.0 Å². The van der Waals surface area contributed by atoms with E-state index in [4.69, 9.17) is 16.3 Å². The van der Waals surface area contributed by atoms with E-state index in [9.17, 15) is 4.79 Å². The molecule has 28 heavy (non-hydrogen) atoms. The van der Waals surface area contributed by atoms with Crippen molar-refractivity contribution in [3.63, 3.8) is 0 Å². The van der Waals surface area contributed by atoms with Crippen LogP contribution in [-0.4, -0.2) is 27.6 Å². The molecule has 2 aromatic carbocycles. The highest BCUT2D eigenvalue weighted by atomic mass is 79.9. The van der Waals surface area contributed by atoms with Gasteiger partial charge in [0.25, 0.3) is 5.91 Å². The number of aromatic nitrogens is 2. The van der Waals surface area contributed by atoms with Crippen molar-refractivity contribution in [2.75, 3.05) is 7.05 Å². The number of hydrogen-bond acceptors (Lipinski definition) is 3. The summed E-state index contributed by atoms with van der Waals surface area (Å²) in [5.74, 6) is 0.657. The highest BCUT2D eigenvalue weighted by Crippen LogP contribution is 2.20. The van der Waals surface area contributed by atoms with Gasteiger partial charge in [0, 0.05) is 30.4 Å². The maximum atomic E-state index is 12.7. The third-order valence-corrected chi connectivity index (χ3v) is 5.14. The van der Waals surface area contributed by atoms with E-state index in [0.717, 1.165) is 22.3 Å². The zero-order valence-electron chi connectivity index (χ0n) is 15.7. The first-order chi connectivity index (χ1) is 13.5. The van der Waals surface area contributed by atoms with E-state index < -0.39 is 0 Å². The molecule has 0 unspecified atom stereocenters. The molecule has 146 valence electrons. The van der Waals surface area contributed by atoms with Crippen LogP contribution in [0.25, 0.3) is 0 Å². The predicted molar refractivity (Wildman–Crippen MR) is 114 cm³/mol. The normalized spacial score (nSPS) is 10.7. The number of benzene rings is 2. The molecule has 1 amide bonds. The molecule has 0 aliphatic rings. The Kier molecular flexibility index (Phi) is 6.75. The summed E-state index contributed by atoms with van der Waals surface area (Å²) in [6.45, 7) is 3.66. The van der Waals surface area contributed by atoms with Gasteiger partial charge in [0.15, 0.2) is 0 Å². The zero-order chi connectivity index (χ0) is 20.1. The SMILES string of the molecule is CCn1cc(Br)c(CN(C)C(=O)c2ccc(COc3cccc(Cl)c3)cc2)n1. The van der Waals surface area contributed by atoms with Crippen LogP contribution in [0, 0.1) is 0 Å².